The molecule has 1 aromatic carbocycles. The number of hydrogen-bond acceptors (Lipinski definition) is 4. The molecule has 20 heavy (non-hydrogen) atoms. The normalized spacial score (nSPS) is 23.5. The van der Waals surface area contributed by atoms with Crippen LogP contribution < -0.4 is 4.74 Å². The van der Waals surface area contributed by atoms with Crippen LogP contribution in [0.4, 0.5) is 0 Å². The van der Waals surface area contributed by atoms with Gasteiger partial charge >= 0.3 is 11.9 Å². The number of carbonyl (C=O) groups excluding carboxylic acids is 2. The molecule has 5 heteroatoms. The fourth-order valence-electron chi connectivity index (χ4n) is 2.82. The molecule has 0 amide bonds. The third kappa shape index (κ3) is 2.06. The molecule has 4 nitrogen and oxygen atoms in total. The van der Waals surface area contributed by atoms with E-state index in [4.69, 9.17) is 9.47 Å². The molecule has 1 heterocycles. The predicted molar refractivity (Wildman–Crippen MR) is 75.3 cm³/mol. The minimum Gasteiger partial charge on any atom is -0.466 e. The maximum absolute atomic E-state index is 12.1. The first-order chi connectivity index (χ1) is 9.61. The molecular formula is C15H13BrO4. The van der Waals surface area contributed by atoms with Crippen LogP contribution >= 0.6 is 15.9 Å². The topological polar surface area (TPSA) is 52.6 Å². The zero-order chi connectivity index (χ0) is 14.3. The highest BCUT2D eigenvalue weighted by Gasteiger charge is 2.44. The van der Waals surface area contributed by atoms with E-state index in [1.807, 2.05) is 12.1 Å². The van der Waals surface area contributed by atoms with Crippen LogP contribution in [-0.2, 0) is 14.3 Å². The average molecular weight is 337 g/mol. The van der Waals surface area contributed by atoms with Gasteiger partial charge < -0.3 is 9.47 Å². The Labute approximate surface area is 124 Å². The molecule has 0 spiro atoms. The minimum absolute atomic E-state index is 0.260. The Kier molecular flexibility index (Phi) is 3.38. The van der Waals surface area contributed by atoms with Crippen LogP contribution in [-0.4, -0.2) is 18.5 Å². The molecule has 3 rings (SSSR count). The Morgan fingerprint density at radius 1 is 1.50 bits per heavy atom. The molecule has 0 saturated heterocycles. The second-order valence-corrected chi connectivity index (χ2v) is 5.72. The van der Waals surface area contributed by atoms with E-state index in [0.717, 1.165) is 10.0 Å². The van der Waals surface area contributed by atoms with Crippen molar-refractivity contribution in [3.8, 4) is 5.75 Å². The highest BCUT2D eigenvalue weighted by atomic mass is 79.9. The number of ether oxygens (including phenoxy) is 2. The van der Waals surface area contributed by atoms with Crippen molar-refractivity contribution in [3.63, 3.8) is 0 Å². The van der Waals surface area contributed by atoms with Crippen molar-refractivity contribution in [1.82, 2.24) is 0 Å². The molecule has 0 bridgehead atoms. The first kappa shape index (κ1) is 13.4. The number of carbonyl (C=O) groups is 2. The molecular weight excluding hydrogens is 324 g/mol. The highest BCUT2D eigenvalue weighted by Crippen LogP contribution is 2.48. The van der Waals surface area contributed by atoms with E-state index in [9.17, 15) is 9.59 Å². The second kappa shape index (κ2) is 5.05. The molecule has 1 aromatic rings. The number of allylic oxidation sites excluding steroid dienone is 1. The summed E-state index contributed by atoms with van der Waals surface area (Å²) in [7, 11) is 0. The first-order valence-electron chi connectivity index (χ1n) is 6.50. The van der Waals surface area contributed by atoms with Gasteiger partial charge in [0.25, 0.3) is 0 Å². The number of fused-ring (bicyclic) bond motifs is 3. The lowest BCUT2D eigenvalue weighted by Gasteiger charge is -2.27. The summed E-state index contributed by atoms with van der Waals surface area (Å²) in [6, 6.07) is 5.46. The predicted octanol–water partition coefficient (Wildman–Crippen LogP) is 2.96. The minimum atomic E-state index is -0.364. The van der Waals surface area contributed by atoms with E-state index in [1.54, 1.807) is 19.1 Å². The number of hydrogen-bond donors (Lipinski definition) is 0. The molecule has 1 aliphatic heterocycles. The molecule has 1 aliphatic carbocycles. The number of rotatable bonds is 2. The van der Waals surface area contributed by atoms with Crippen LogP contribution in [0.3, 0.4) is 0 Å². The van der Waals surface area contributed by atoms with Crippen molar-refractivity contribution in [2.24, 2.45) is 5.92 Å². The van der Waals surface area contributed by atoms with Gasteiger partial charge in [-0.05, 0) is 31.5 Å². The molecule has 0 saturated carbocycles. The van der Waals surface area contributed by atoms with Crippen molar-refractivity contribution in [1.29, 1.82) is 0 Å². The standard InChI is InChI=1S/C15H13BrO4/c1-2-19-14(17)9-4-5-10-13(9)11-7-8(16)3-6-12(11)20-15(10)18/h3,5-7,9,13H,2,4H2,1H3/t9-,13+/m0/s1. The van der Waals surface area contributed by atoms with Crippen LogP contribution in [0.15, 0.2) is 34.3 Å². The van der Waals surface area contributed by atoms with Gasteiger partial charge in [0.1, 0.15) is 5.75 Å². The second-order valence-electron chi connectivity index (χ2n) is 4.80. The summed E-state index contributed by atoms with van der Waals surface area (Å²) < 4.78 is 11.3. The SMILES string of the molecule is CCOC(=O)[C@H]1CC=C2C(=O)Oc3ccc(Br)cc3[C@@H]21. The van der Waals surface area contributed by atoms with Gasteiger partial charge in [0.2, 0.25) is 0 Å². The zero-order valence-electron chi connectivity index (χ0n) is 10.9. The van der Waals surface area contributed by atoms with Gasteiger partial charge in [-0.2, -0.15) is 0 Å². The third-order valence-corrected chi connectivity index (χ3v) is 4.16. The van der Waals surface area contributed by atoms with E-state index in [-0.39, 0.29) is 23.8 Å². The van der Waals surface area contributed by atoms with Crippen molar-refractivity contribution < 1.29 is 19.1 Å². The van der Waals surface area contributed by atoms with Gasteiger partial charge in [-0.25, -0.2) is 4.79 Å². The lowest BCUT2D eigenvalue weighted by Crippen LogP contribution is -2.29. The molecule has 104 valence electrons. The van der Waals surface area contributed by atoms with Crippen LogP contribution in [0.5, 0.6) is 5.75 Å². The Morgan fingerprint density at radius 3 is 3.05 bits per heavy atom. The summed E-state index contributed by atoms with van der Waals surface area (Å²) in [6.45, 7) is 2.12. The fourth-order valence-corrected chi connectivity index (χ4v) is 3.20. The number of benzene rings is 1. The van der Waals surface area contributed by atoms with Crippen LogP contribution in [0, 0.1) is 5.92 Å². The largest absolute Gasteiger partial charge is 0.466 e. The van der Waals surface area contributed by atoms with Gasteiger partial charge in [-0.1, -0.05) is 22.0 Å². The van der Waals surface area contributed by atoms with E-state index >= 15 is 0 Å². The van der Waals surface area contributed by atoms with Gasteiger partial charge in [0, 0.05) is 21.5 Å². The fraction of sp³-hybridized carbons (Fsp3) is 0.333. The maximum Gasteiger partial charge on any atom is 0.339 e. The summed E-state index contributed by atoms with van der Waals surface area (Å²) in [6.07, 6.45) is 2.30. The Balaban J connectivity index is 2.04. The molecule has 0 N–H and O–H groups in total. The quantitative estimate of drug-likeness (QED) is 0.615. The smallest absolute Gasteiger partial charge is 0.339 e. The van der Waals surface area contributed by atoms with Crippen molar-refractivity contribution in [2.75, 3.05) is 6.61 Å². The average Bonchev–Trinajstić information content (AvgIpc) is 2.86. The third-order valence-electron chi connectivity index (χ3n) is 3.66. The van der Waals surface area contributed by atoms with Gasteiger partial charge in [0.05, 0.1) is 12.5 Å². The maximum atomic E-state index is 12.1. The van der Waals surface area contributed by atoms with Crippen molar-refractivity contribution >= 4 is 27.9 Å². The summed E-state index contributed by atoms with van der Waals surface area (Å²) in [5, 5.41) is 0. The van der Waals surface area contributed by atoms with Crippen molar-refractivity contribution in [3.05, 3.63) is 39.9 Å². The molecule has 0 unspecified atom stereocenters. The van der Waals surface area contributed by atoms with Crippen LogP contribution in [0.1, 0.15) is 24.8 Å². The number of halogens is 1. The summed E-state index contributed by atoms with van der Waals surface area (Å²) in [5.74, 6) is -0.703. The Hall–Kier alpha value is -1.62. The first-order valence-corrected chi connectivity index (χ1v) is 7.29. The zero-order valence-corrected chi connectivity index (χ0v) is 12.5. The van der Waals surface area contributed by atoms with Gasteiger partial charge in [-0.15, -0.1) is 0 Å². The van der Waals surface area contributed by atoms with E-state index in [0.29, 0.717) is 24.4 Å². The summed E-state index contributed by atoms with van der Waals surface area (Å²) in [5.41, 5.74) is 1.43. The molecule has 2 atom stereocenters. The monoisotopic (exact) mass is 336 g/mol. The van der Waals surface area contributed by atoms with Crippen LogP contribution in [0.25, 0.3) is 0 Å². The molecule has 0 fully saturated rings. The highest BCUT2D eigenvalue weighted by molar-refractivity contribution is 9.10. The molecule has 0 radical (unpaired) electrons. The van der Waals surface area contributed by atoms with E-state index in [2.05, 4.69) is 15.9 Å². The van der Waals surface area contributed by atoms with Crippen LogP contribution in [0.2, 0.25) is 0 Å². The van der Waals surface area contributed by atoms with Gasteiger partial charge in [0.15, 0.2) is 0 Å². The lowest BCUT2D eigenvalue weighted by molar-refractivity contribution is -0.148. The van der Waals surface area contributed by atoms with Gasteiger partial charge in [-0.3, -0.25) is 4.79 Å². The summed E-state index contributed by atoms with van der Waals surface area (Å²) in [4.78, 5) is 24.1. The molecule has 2 aliphatic rings. The van der Waals surface area contributed by atoms with E-state index in [1.165, 1.54) is 0 Å². The Morgan fingerprint density at radius 2 is 2.30 bits per heavy atom. The van der Waals surface area contributed by atoms with Crippen molar-refractivity contribution in [2.45, 2.75) is 19.3 Å². The summed E-state index contributed by atoms with van der Waals surface area (Å²) >= 11 is 3.41. The Bertz CT molecular complexity index is 620. The molecule has 0 aromatic heterocycles. The van der Waals surface area contributed by atoms with E-state index < -0.39 is 0 Å². The number of esters is 2. The lowest BCUT2D eigenvalue weighted by atomic mass is 9.83.